The number of ether oxygens (including phenoxy) is 1. The number of hydrogen-bond donors (Lipinski definition) is 0. The molecule has 17 heavy (non-hydrogen) atoms. The molecule has 90 valence electrons. The number of rotatable bonds is 3. The molecule has 0 aliphatic carbocycles. The molecule has 0 unspecified atom stereocenters. The van der Waals surface area contributed by atoms with E-state index in [4.69, 9.17) is 11.2 Å². The van der Waals surface area contributed by atoms with Gasteiger partial charge in [-0.15, -0.1) is 19.6 Å². The zero-order chi connectivity index (χ0) is 13.4. The fraction of sp³-hybridized carbons (Fsp3) is 0.250. The zero-order valence-corrected chi connectivity index (χ0v) is 11.0. The molecular formula is C16H20O. The van der Waals surface area contributed by atoms with Crippen LogP contribution in [0, 0.1) is 26.2 Å². The SMILES string of the molecule is C#Cc1cc(C)c(C)c(OCC(=C)C)c1.C=C. The van der Waals surface area contributed by atoms with E-state index in [1.54, 1.807) is 0 Å². The minimum absolute atomic E-state index is 0.536. The van der Waals surface area contributed by atoms with Crippen molar-refractivity contribution < 1.29 is 4.74 Å². The van der Waals surface area contributed by atoms with Gasteiger partial charge in [-0.2, -0.15) is 0 Å². The quantitative estimate of drug-likeness (QED) is 0.560. The molecule has 0 saturated heterocycles. The van der Waals surface area contributed by atoms with Crippen LogP contribution in [-0.2, 0) is 0 Å². The van der Waals surface area contributed by atoms with Crippen molar-refractivity contribution in [3.63, 3.8) is 0 Å². The van der Waals surface area contributed by atoms with Gasteiger partial charge in [-0.25, -0.2) is 0 Å². The second-order valence-corrected chi connectivity index (χ2v) is 3.81. The van der Waals surface area contributed by atoms with Gasteiger partial charge in [0.2, 0.25) is 0 Å². The minimum atomic E-state index is 0.536. The first-order valence-corrected chi connectivity index (χ1v) is 5.39. The highest BCUT2D eigenvalue weighted by molar-refractivity contribution is 5.47. The predicted octanol–water partition coefficient (Wildman–Crippen LogP) is 4.04. The van der Waals surface area contributed by atoms with E-state index >= 15 is 0 Å². The molecule has 1 aromatic rings. The molecule has 0 heterocycles. The summed E-state index contributed by atoms with van der Waals surface area (Å²) in [5.41, 5.74) is 4.14. The third-order valence-corrected chi connectivity index (χ3v) is 2.26. The van der Waals surface area contributed by atoms with Crippen LogP contribution in [0.2, 0.25) is 0 Å². The van der Waals surface area contributed by atoms with Gasteiger partial charge in [-0.05, 0) is 49.6 Å². The molecule has 1 heteroatoms. The summed E-state index contributed by atoms with van der Waals surface area (Å²) in [5.74, 6) is 3.47. The Morgan fingerprint density at radius 3 is 2.41 bits per heavy atom. The average molecular weight is 228 g/mol. The normalized spacial score (nSPS) is 8.59. The van der Waals surface area contributed by atoms with Crippen LogP contribution < -0.4 is 4.74 Å². The first-order chi connectivity index (χ1) is 8.04. The molecule has 0 aromatic heterocycles. The Balaban J connectivity index is 0.00000121. The zero-order valence-electron chi connectivity index (χ0n) is 11.0. The molecule has 0 aliphatic heterocycles. The van der Waals surface area contributed by atoms with Crippen molar-refractivity contribution in [1.29, 1.82) is 0 Å². The van der Waals surface area contributed by atoms with E-state index in [2.05, 4.69) is 25.7 Å². The second kappa shape index (κ2) is 7.35. The lowest BCUT2D eigenvalue weighted by Crippen LogP contribution is -2.00. The molecule has 0 aliphatic rings. The summed E-state index contributed by atoms with van der Waals surface area (Å²) >= 11 is 0. The van der Waals surface area contributed by atoms with Crippen molar-refractivity contribution in [2.75, 3.05) is 6.61 Å². The average Bonchev–Trinajstić information content (AvgIpc) is 2.33. The molecule has 1 nitrogen and oxygen atoms in total. The second-order valence-electron chi connectivity index (χ2n) is 3.81. The molecule has 0 N–H and O–H groups in total. The highest BCUT2D eigenvalue weighted by Gasteiger charge is 2.04. The van der Waals surface area contributed by atoms with Gasteiger partial charge < -0.3 is 4.74 Å². The molecule has 0 amide bonds. The first-order valence-electron chi connectivity index (χ1n) is 5.39. The van der Waals surface area contributed by atoms with Crippen molar-refractivity contribution in [2.45, 2.75) is 20.8 Å². The highest BCUT2D eigenvalue weighted by atomic mass is 16.5. The van der Waals surface area contributed by atoms with Gasteiger partial charge in [-0.3, -0.25) is 0 Å². The molecule has 0 bridgehead atoms. The van der Waals surface area contributed by atoms with Gasteiger partial charge in [0.25, 0.3) is 0 Å². The van der Waals surface area contributed by atoms with Gasteiger partial charge in [-0.1, -0.05) is 12.5 Å². The Labute approximate surface area is 105 Å². The summed E-state index contributed by atoms with van der Waals surface area (Å²) < 4.78 is 5.63. The van der Waals surface area contributed by atoms with Crippen molar-refractivity contribution in [1.82, 2.24) is 0 Å². The number of benzene rings is 1. The van der Waals surface area contributed by atoms with Gasteiger partial charge in [0, 0.05) is 5.56 Å². The maximum atomic E-state index is 5.63. The predicted molar refractivity (Wildman–Crippen MR) is 75.4 cm³/mol. The van der Waals surface area contributed by atoms with Gasteiger partial charge in [0.1, 0.15) is 12.4 Å². The largest absolute Gasteiger partial charge is 0.489 e. The standard InChI is InChI=1S/C14H16O.C2H4/c1-6-13-7-11(4)12(5)14(8-13)15-9-10(2)3;1-2/h1,7-8H,2,9H2,3-5H3;1-2H2. The molecule has 0 saturated carbocycles. The summed E-state index contributed by atoms with van der Waals surface area (Å²) in [7, 11) is 0. The lowest BCUT2D eigenvalue weighted by molar-refractivity contribution is 0.350. The number of aryl methyl sites for hydroxylation is 1. The summed E-state index contributed by atoms with van der Waals surface area (Å²) in [6.45, 7) is 16.3. The lowest BCUT2D eigenvalue weighted by atomic mass is 10.1. The Bertz CT molecular complexity index is 436. The minimum Gasteiger partial charge on any atom is -0.489 e. The van der Waals surface area contributed by atoms with Crippen LogP contribution >= 0.6 is 0 Å². The Morgan fingerprint density at radius 2 is 1.94 bits per heavy atom. The maximum Gasteiger partial charge on any atom is 0.124 e. The van der Waals surface area contributed by atoms with Crippen molar-refractivity contribution in [2.24, 2.45) is 0 Å². The fourth-order valence-corrected chi connectivity index (χ4v) is 1.26. The summed E-state index contributed by atoms with van der Waals surface area (Å²) in [6.07, 6.45) is 5.37. The highest BCUT2D eigenvalue weighted by Crippen LogP contribution is 2.23. The van der Waals surface area contributed by atoms with Crippen LogP contribution in [0.1, 0.15) is 23.6 Å². The molecule has 0 atom stereocenters. The molecule has 1 rings (SSSR count). The van der Waals surface area contributed by atoms with E-state index in [-0.39, 0.29) is 0 Å². The van der Waals surface area contributed by atoms with Crippen LogP contribution in [0.25, 0.3) is 0 Å². The molecule has 1 aromatic carbocycles. The topological polar surface area (TPSA) is 9.23 Å². The van der Waals surface area contributed by atoms with E-state index < -0.39 is 0 Å². The van der Waals surface area contributed by atoms with Crippen LogP contribution in [0.15, 0.2) is 37.4 Å². The van der Waals surface area contributed by atoms with E-state index in [0.717, 1.165) is 28.0 Å². The van der Waals surface area contributed by atoms with E-state index in [0.29, 0.717) is 6.61 Å². The first kappa shape index (κ1) is 15.1. The van der Waals surface area contributed by atoms with Crippen molar-refractivity contribution in [3.05, 3.63) is 54.1 Å². The van der Waals surface area contributed by atoms with Gasteiger partial charge >= 0.3 is 0 Å². The number of hydrogen-bond acceptors (Lipinski definition) is 1. The van der Waals surface area contributed by atoms with Gasteiger partial charge in [0.15, 0.2) is 0 Å². The summed E-state index contributed by atoms with van der Waals surface area (Å²) in [6, 6.07) is 3.88. The van der Waals surface area contributed by atoms with E-state index in [9.17, 15) is 0 Å². The maximum absolute atomic E-state index is 5.63. The monoisotopic (exact) mass is 228 g/mol. The Kier molecular flexibility index (Phi) is 6.51. The smallest absolute Gasteiger partial charge is 0.124 e. The Hall–Kier alpha value is -1.94. The van der Waals surface area contributed by atoms with Crippen molar-refractivity contribution >= 4 is 0 Å². The van der Waals surface area contributed by atoms with Crippen LogP contribution in [-0.4, -0.2) is 6.61 Å². The van der Waals surface area contributed by atoms with E-state index in [1.165, 1.54) is 0 Å². The van der Waals surface area contributed by atoms with Crippen LogP contribution in [0.3, 0.4) is 0 Å². The molecule has 0 spiro atoms. The molecular weight excluding hydrogens is 208 g/mol. The van der Waals surface area contributed by atoms with Crippen LogP contribution in [0.5, 0.6) is 5.75 Å². The van der Waals surface area contributed by atoms with Gasteiger partial charge in [0.05, 0.1) is 0 Å². The van der Waals surface area contributed by atoms with Crippen LogP contribution in [0.4, 0.5) is 0 Å². The summed E-state index contributed by atoms with van der Waals surface area (Å²) in [4.78, 5) is 0. The third kappa shape index (κ3) is 4.61. The molecule has 0 fully saturated rings. The number of terminal acetylenes is 1. The fourth-order valence-electron chi connectivity index (χ4n) is 1.26. The third-order valence-electron chi connectivity index (χ3n) is 2.26. The lowest BCUT2D eigenvalue weighted by Gasteiger charge is -2.11. The Morgan fingerprint density at radius 1 is 1.35 bits per heavy atom. The molecule has 0 radical (unpaired) electrons. The van der Waals surface area contributed by atoms with E-state index in [1.807, 2.05) is 32.9 Å². The summed E-state index contributed by atoms with van der Waals surface area (Å²) in [5, 5.41) is 0. The van der Waals surface area contributed by atoms with Crippen molar-refractivity contribution in [3.8, 4) is 18.1 Å².